The van der Waals surface area contributed by atoms with Gasteiger partial charge in [0.15, 0.2) is 5.82 Å². The number of benzene rings is 8. The Labute approximate surface area is 396 Å². The number of imidazole rings is 1. The number of hydrogen-bond donors (Lipinski definition) is 0. The molecule has 10 aromatic rings. The summed E-state index contributed by atoms with van der Waals surface area (Å²) >= 11 is 1.82. The standard InChI is InChI=1S/C60H45BN4OS/c1-60(2,3)50-35-36-62-59-58(50)67-56-39-61(51-30-14-13-27-47(51)41-19-7-4-8-20-41)52-34-33-46(38-55(52)65(56)59)66-45-26-17-25-44(37-45)63-40-64(54-32-16-15-31-53(54)63)57-48(42-21-9-5-10-22-42)28-18-29-49(57)43-23-11-6-12-24-43/h4-39H,1-3H3. The minimum absolute atomic E-state index is 0.00798. The smallest absolute Gasteiger partial charge is 0.269 e. The Balaban J connectivity index is 0.964. The highest BCUT2D eigenvalue weighted by Crippen LogP contribution is 2.53. The third-order valence-corrected chi connectivity index (χ3v) is 14.0. The van der Waals surface area contributed by atoms with Crippen molar-refractivity contribution in [3.05, 3.63) is 235 Å². The predicted octanol–water partition coefficient (Wildman–Crippen LogP) is 13.4. The first-order chi connectivity index (χ1) is 32.9. The lowest BCUT2D eigenvalue weighted by Gasteiger charge is -2.31. The zero-order chi connectivity index (χ0) is 45.1. The first-order valence-electron chi connectivity index (χ1n) is 22.8. The SMILES string of the molecule is CC(C)(C)c1ccnc2c1SC1=CB(c3ccccc3-c3ccccc3)c3ccc(Oc4cccc(-n5[c-][n+](-c6c(-c7ccccc7)cccc6-c6ccccc6)c6ccccc65)c4)cc3N12. The highest BCUT2D eigenvalue weighted by Gasteiger charge is 2.40. The van der Waals surface area contributed by atoms with Crippen LogP contribution >= 0.6 is 11.8 Å². The molecule has 0 fully saturated rings. The molecule has 0 atom stereocenters. The number of para-hydroxylation sites is 3. The van der Waals surface area contributed by atoms with E-state index in [1.54, 1.807) is 0 Å². The van der Waals surface area contributed by atoms with Crippen LogP contribution in [0.5, 0.6) is 11.5 Å². The average molecular weight is 881 g/mol. The van der Waals surface area contributed by atoms with Crippen LogP contribution in [0.25, 0.3) is 55.8 Å². The number of rotatable bonds is 8. The number of pyridine rings is 1. The van der Waals surface area contributed by atoms with Gasteiger partial charge in [0.1, 0.15) is 11.5 Å². The summed E-state index contributed by atoms with van der Waals surface area (Å²) in [4.78, 5) is 8.59. The number of nitrogens with zero attached hydrogens (tertiary/aromatic N) is 4. The normalized spacial score (nSPS) is 13.0. The maximum Gasteiger partial charge on any atom is 0.269 e. The van der Waals surface area contributed by atoms with E-state index in [0.717, 1.165) is 72.7 Å². The van der Waals surface area contributed by atoms with Crippen molar-refractivity contribution in [3.63, 3.8) is 0 Å². The van der Waals surface area contributed by atoms with Gasteiger partial charge >= 0.3 is 0 Å². The quantitative estimate of drug-likeness (QED) is 0.0865. The molecule has 0 N–H and O–H groups in total. The van der Waals surface area contributed by atoms with E-state index in [1.165, 1.54) is 32.5 Å². The molecule has 7 heteroatoms. The van der Waals surface area contributed by atoms with Gasteiger partial charge in [0.25, 0.3) is 6.33 Å². The van der Waals surface area contributed by atoms with Crippen LogP contribution in [0.4, 0.5) is 11.5 Å². The number of anilines is 2. The minimum atomic E-state index is -0.0511. The number of fused-ring (bicyclic) bond motifs is 6. The maximum atomic E-state index is 6.91. The van der Waals surface area contributed by atoms with E-state index >= 15 is 0 Å². The van der Waals surface area contributed by atoms with Crippen LogP contribution in [0, 0.1) is 6.33 Å². The fraction of sp³-hybridized carbons (Fsp3) is 0.0667. The summed E-state index contributed by atoms with van der Waals surface area (Å²) in [6.45, 7) is 6.84. The second-order valence-corrected chi connectivity index (χ2v) is 19.2. The van der Waals surface area contributed by atoms with Crippen LogP contribution in [0.1, 0.15) is 26.3 Å². The van der Waals surface area contributed by atoms with Crippen molar-refractivity contribution in [1.82, 2.24) is 9.55 Å². The van der Waals surface area contributed by atoms with Gasteiger partial charge < -0.3 is 4.74 Å². The molecule has 8 aromatic carbocycles. The molecule has 0 radical (unpaired) electrons. The van der Waals surface area contributed by atoms with E-state index in [2.05, 4.69) is 247 Å². The van der Waals surface area contributed by atoms with Crippen molar-refractivity contribution in [3.8, 4) is 56.3 Å². The Kier molecular flexibility index (Phi) is 10.0. The van der Waals surface area contributed by atoms with Crippen molar-refractivity contribution in [2.45, 2.75) is 31.1 Å². The molecule has 320 valence electrons. The van der Waals surface area contributed by atoms with Crippen molar-refractivity contribution < 1.29 is 9.30 Å². The number of hydrogen-bond acceptors (Lipinski definition) is 4. The lowest BCUT2D eigenvalue weighted by Crippen LogP contribution is -2.47. The van der Waals surface area contributed by atoms with Gasteiger partial charge in [-0.25, -0.2) is 4.98 Å². The van der Waals surface area contributed by atoms with E-state index in [-0.39, 0.29) is 12.1 Å². The van der Waals surface area contributed by atoms with Gasteiger partial charge in [0.2, 0.25) is 6.71 Å². The van der Waals surface area contributed by atoms with Gasteiger partial charge in [0, 0.05) is 18.0 Å². The van der Waals surface area contributed by atoms with Crippen molar-refractivity contribution >= 4 is 51.9 Å². The van der Waals surface area contributed by atoms with Crippen molar-refractivity contribution in [2.75, 3.05) is 4.90 Å². The Hall–Kier alpha value is -7.87. The molecular weight excluding hydrogens is 836 g/mol. The third-order valence-electron chi connectivity index (χ3n) is 12.9. The summed E-state index contributed by atoms with van der Waals surface area (Å²) in [5.41, 5.74) is 15.8. The number of ether oxygens (including phenoxy) is 1. The molecule has 2 aromatic heterocycles. The van der Waals surface area contributed by atoms with Gasteiger partial charge in [-0.1, -0.05) is 214 Å². The second kappa shape index (κ2) is 16.5. The molecule has 0 saturated carbocycles. The number of aromatic nitrogens is 3. The van der Waals surface area contributed by atoms with Gasteiger partial charge in [0.05, 0.1) is 32.3 Å². The van der Waals surface area contributed by atoms with E-state index in [9.17, 15) is 0 Å². The average Bonchev–Trinajstić information content (AvgIpc) is 3.96. The van der Waals surface area contributed by atoms with E-state index in [1.807, 2.05) is 24.0 Å². The summed E-state index contributed by atoms with van der Waals surface area (Å²) in [5.74, 6) is 4.87. The van der Waals surface area contributed by atoms with Gasteiger partial charge in [-0.2, -0.15) is 0 Å². The monoisotopic (exact) mass is 880 g/mol. The predicted molar refractivity (Wildman–Crippen MR) is 277 cm³/mol. The Bertz CT molecular complexity index is 3470. The fourth-order valence-corrected chi connectivity index (χ4v) is 11.2. The highest BCUT2D eigenvalue weighted by molar-refractivity contribution is 8.03. The van der Waals surface area contributed by atoms with E-state index in [4.69, 9.17) is 9.72 Å². The van der Waals surface area contributed by atoms with Gasteiger partial charge in [-0.3, -0.25) is 14.0 Å². The number of thioether (sulfide) groups is 1. The summed E-state index contributed by atoms with van der Waals surface area (Å²) in [6, 6.07) is 72.9. The second-order valence-electron chi connectivity index (χ2n) is 18.1. The molecule has 0 unspecified atom stereocenters. The zero-order valence-corrected chi connectivity index (χ0v) is 38.3. The molecule has 12 rings (SSSR count). The van der Waals surface area contributed by atoms with Crippen LogP contribution in [0.3, 0.4) is 0 Å². The summed E-state index contributed by atoms with van der Waals surface area (Å²) in [6.07, 6.45) is 5.77. The van der Waals surface area contributed by atoms with Crippen molar-refractivity contribution in [1.29, 1.82) is 0 Å². The van der Waals surface area contributed by atoms with Gasteiger partial charge in [-0.15, -0.1) is 0 Å². The third kappa shape index (κ3) is 7.23. The molecule has 0 aliphatic carbocycles. The molecule has 4 heterocycles. The highest BCUT2D eigenvalue weighted by atomic mass is 32.2. The first-order valence-corrected chi connectivity index (χ1v) is 23.6. The summed E-state index contributed by atoms with van der Waals surface area (Å²) < 4.78 is 11.3. The van der Waals surface area contributed by atoms with Gasteiger partial charge in [-0.05, 0) is 80.2 Å². The largest absolute Gasteiger partial charge is 0.458 e. The molecule has 0 spiro atoms. The molecule has 0 amide bonds. The lowest BCUT2D eigenvalue weighted by molar-refractivity contribution is -0.571. The topological polar surface area (TPSA) is 34.2 Å². The van der Waals surface area contributed by atoms with Crippen LogP contribution in [-0.4, -0.2) is 16.3 Å². The summed E-state index contributed by atoms with van der Waals surface area (Å²) in [5, 5.41) is 1.16. The zero-order valence-electron chi connectivity index (χ0n) is 37.5. The molecule has 0 bridgehead atoms. The van der Waals surface area contributed by atoms with Crippen LogP contribution in [0.15, 0.2) is 228 Å². The lowest BCUT2D eigenvalue weighted by atomic mass is 9.38. The minimum Gasteiger partial charge on any atom is -0.458 e. The Morgan fingerprint density at radius 3 is 1.91 bits per heavy atom. The Morgan fingerprint density at radius 1 is 0.582 bits per heavy atom. The van der Waals surface area contributed by atoms with Crippen LogP contribution in [-0.2, 0) is 5.41 Å². The molecule has 0 saturated heterocycles. The van der Waals surface area contributed by atoms with Crippen LogP contribution < -0.4 is 25.1 Å². The summed E-state index contributed by atoms with van der Waals surface area (Å²) in [7, 11) is 0. The Morgan fingerprint density at radius 2 is 1.19 bits per heavy atom. The molecular formula is C60H45BN4OS. The fourth-order valence-electron chi connectivity index (χ4n) is 9.79. The van der Waals surface area contributed by atoms with Crippen molar-refractivity contribution in [2.24, 2.45) is 0 Å². The first kappa shape index (κ1) is 40.6. The molecule has 2 aliphatic rings. The van der Waals surface area contributed by atoms with Crippen LogP contribution in [0.2, 0.25) is 0 Å². The van der Waals surface area contributed by atoms with E-state index in [0.29, 0.717) is 0 Å². The molecule has 2 aliphatic heterocycles. The maximum absolute atomic E-state index is 6.91. The molecule has 67 heavy (non-hydrogen) atoms. The molecule has 5 nitrogen and oxygen atoms in total. The van der Waals surface area contributed by atoms with E-state index < -0.39 is 0 Å².